The summed E-state index contributed by atoms with van der Waals surface area (Å²) >= 11 is 6.14. The lowest BCUT2D eigenvalue weighted by Gasteiger charge is -2.39. The number of urea groups is 1. The van der Waals surface area contributed by atoms with Crippen molar-refractivity contribution in [3.63, 3.8) is 0 Å². The fraction of sp³-hybridized carbons (Fsp3) is 0.463. The summed E-state index contributed by atoms with van der Waals surface area (Å²) < 4.78 is 24.0. The summed E-state index contributed by atoms with van der Waals surface area (Å²) in [5.74, 6) is 1.33. The van der Waals surface area contributed by atoms with Crippen LogP contribution in [0, 0.1) is 17.2 Å². The molecule has 0 radical (unpaired) electrons. The highest BCUT2D eigenvalue weighted by Crippen LogP contribution is 2.35. The van der Waals surface area contributed by atoms with E-state index in [0.717, 1.165) is 87.1 Å². The standard InChI is InChI=1S/C41H45ClFN9O4.ClH/c42-32-22-30(7-4-27(32)23-44)56-29-8-5-28(6-9-29)45-40(54)34-10-11-38(48-47-34)50-18-12-26(13-19-50)24-49-17-15-37(33(43)25-49)51-20-14-31-35(51)2-1-3-36(31)52-21-16-39(53)46-41(52)55;/h1-4,7,10-11,14,20,22,26,28-29,33,37H,5-6,8-9,12-13,15-19,21,24-25H2,(H,45,54)(H,46,53,55);1H/t28?,29?,33-,37+;/m0./s1. The predicted molar refractivity (Wildman–Crippen MR) is 217 cm³/mol. The minimum Gasteiger partial charge on any atom is -0.490 e. The summed E-state index contributed by atoms with van der Waals surface area (Å²) in [6.07, 6.45) is 6.91. The van der Waals surface area contributed by atoms with Gasteiger partial charge in [-0.2, -0.15) is 5.26 Å². The van der Waals surface area contributed by atoms with Gasteiger partial charge < -0.3 is 24.4 Å². The number of ether oxygens (including phenoxy) is 1. The number of anilines is 2. The summed E-state index contributed by atoms with van der Waals surface area (Å²) in [5.41, 5.74) is 2.31. The van der Waals surface area contributed by atoms with E-state index in [0.29, 0.717) is 47.5 Å². The molecule has 4 fully saturated rings. The molecule has 4 aliphatic rings. The van der Waals surface area contributed by atoms with Crippen molar-refractivity contribution in [2.45, 2.75) is 75.7 Å². The number of nitrogens with zero attached hydrogens (tertiary/aromatic N) is 7. The first-order valence-corrected chi connectivity index (χ1v) is 19.9. The van der Waals surface area contributed by atoms with Crippen molar-refractivity contribution in [3.8, 4) is 11.8 Å². The Kier molecular flexibility index (Phi) is 12.5. The molecule has 4 amide bonds. The second-order valence-electron chi connectivity index (χ2n) is 15.3. The number of hydrogen-bond donors (Lipinski definition) is 2. The van der Waals surface area contributed by atoms with Crippen LogP contribution in [-0.4, -0.2) is 95.1 Å². The Morgan fingerprint density at radius 3 is 2.49 bits per heavy atom. The highest BCUT2D eigenvalue weighted by atomic mass is 35.5. The Bertz CT molecular complexity index is 2130. The summed E-state index contributed by atoms with van der Waals surface area (Å²) in [7, 11) is 0. The minimum atomic E-state index is -1.03. The molecule has 1 aliphatic carbocycles. The largest absolute Gasteiger partial charge is 0.490 e. The number of nitriles is 1. The van der Waals surface area contributed by atoms with Gasteiger partial charge in [-0.3, -0.25) is 19.8 Å². The fourth-order valence-corrected chi connectivity index (χ4v) is 8.90. The van der Waals surface area contributed by atoms with Crippen LogP contribution in [0.1, 0.15) is 73.5 Å². The van der Waals surface area contributed by atoms with Crippen LogP contribution in [-0.2, 0) is 4.79 Å². The molecule has 1 saturated carbocycles. The lowest BCUT2D eigenvalue weighted by atomic mass is 9.92. The van der Waals surface area contributed by atoms with Crippen LogP contribution in [0.3, 0.4) is 0 Å². The average molecular weight is 819 g/mol. The number of aromatic nitrogens is 3. The zero-order chi connectivity index (χ0) is 38.8. The second kappa shape index (κ2) is 17.7. The molecule has 3 aliphatic heterocycles. The number of amides is 4. The van der Waals surface area contributed by atoms with Crippen LogP contribution in [0.5, 0.6) is 5.75 Å². The van der Waals surface area contributed by atoms with Gasteiger partial charge in [0.15, 0.2) is 11.5 Å². The number of fused-ring (bicyclic) bond motifs is 1. The third-order valence-corrected chi connectivity index (χ3v) is 12.1. The van der Waals surface area contributed by atoms with Gasteiger partial charge >= 0.3 is 6.03 Å². The number of hydrogen-bond acceptors (Lipinski definition) is 9. The molecule has 2 atom stereocenters. The summed E-state index contributed by atoms with van der Waals surface area (Å²) in [4.78, 5) is 43.3. The fourth-order valence-electron chi connectivity index (χ4n) is 8.69. The second-order valence-corrected chi connectivity index (χ2v) is 15.8. The summed E-state index contributed by atoms with van der Waals surface area (Å²) in [6, 6.07) is 17.7. The number of nitrogens with one attached hydrogen (secondary N) is 2. The third kappa shape index (κ3) is 8.96. The molecule has 4 aromatic rings. The van der Waals surface area contributed by atoms with Gasteiger partial charge in [-0.15, -0.1) is 22.6 Å². The van der Waals surface area contributed by atoms with Crippen molar-refractivity contribution in [3.05, 3.63) is 77.1 Å². The summed E-state index contributed by atoms with van der Waals surface area (Å²) in [6.45, 7) is 3.99. The number of alkyl halides is 1. The van der Waals surface area contributed by atoms with Gasteiger partial charge in [0, 0.05) is 69.4 Å². The number of likely N-dealkylation sites (tertiary alicyclic amines) is 1. The lowest BCUT2D eigenvalue weighted by Crippen LogP contribution is -2.49. The first-order chi connectivity index (χ1) is 27.2. The highest BCUT2D eigenvalue weighted by Gasteiger charge is 2.34. The molecular formula is C41H46Cl2FN9O4. The van der Waals surface area contributed by atoms with Crippen molar-refractivity contribution in [2.24, 2.45) is 5.92 Å². The van der Waals surface area contributed by atoms with Gasteiger partial charge in [0.05, 0.1) is 33.9 Å². The van der Waals surface area contributed by atoms with E-state index in [1.54, 1.807) is 29.2 Å². The molecule has 2 N–H and O–H groups in total. The molecule has 8 rings (SSSR count). The van der Waals surface area contributed by atoms with E-state index in [-0.39, 0.29) is 48.8 Å². The van der Waals surface area contributed by atoms with E-state index >= 15 is 4.39 Å². The van der Waals surface area contributed by atoms with Crippen LogP contribution >= 0.6 is 24.0 Å². The van der Waals surface area contributed by atoms with Gasteiger partial charge in [0.2, 0.25) is 5.91 Å². The van der Waals surface area contributed by atoms with Gasteiger partial charge in [-0.25, -0.2) is 9.18 Å². The van der Waals surface area contributed by atoms with Crippen molar-refractivity contribution in [2.75, 3.05) is 49.1 Å². The molecule has 57 heavy (non-hydrogen) atoms. The Labute approximate surface area is 341 Å². The number of halogens is 3. The Morgan fingerprint density at radius 2 is 1.79 bits per heavy atom. The molecule has 16 heteroatoms. The molecule has 3 saturated heterocycles. The third-order valence-electron chi connectivity index (χ3n) is 11.7. The SMILES string of the molecule is Cl.N#Cc1ccc(OC2CCC(NC(=O)c3ccc(N4CCC(CN5CC[C@@H](n6ccc7c(N8CCC(=O)NC8=O)cccc76)[C@@H](F)C5)CC4)nn3)CC2)cc1Cl. The molecule has 0 bridgehead atoms. The smallest absolute Gasteiger partial charge is 0.328 e. The zero-order valence-electron chi connectivity index (χ0n) is 31.5. The maximum atomic E-state index is 15.9. The maximum absolute atomic E-state index is 15.9. The molecule has 0 unspecified atom stereocenters. The maximum Gasteiger partial charge on any atom is 0.328 e. The summed E-state index contributed by atoms with van der Waals surface area (Å²) in [5, 5.41) is 24.5. The minimum absolute atomic E-state index is 0. The Hall–Kier alpha value is -4.97. The molecule has 300 valence electrons. The first kappa shape index (κ1) is 40.2. The van der Waals surface area contributed by atoms with E-state index in [2.05, 4.69) is 36.7 Å². The molecule has 0 spiro atoms. The number of rotatable bonds is 9. The van der Waals surface area contributed by atoms with Gasteiger partial charge in [0.25, 0.3) is 5.91 Å². The molecule has 2 aromatic heterocycles. The van der Waals surface area contributed by atoms with Crippen LogP contribution < -0.4 is 25.2 Å². The Balaban J connectivity index is 0.00000496. The van der Waals surface area contributed by atoms with Gasteiger partial charge in [-0.05, 0) is 93.3 Å². The quantitative estimate of drug-likeness (QED) is 0.195. The lowest BCUT2D eigenvalue weighted by molar-refractivity contribution is -0.120. The van der Waals surface area contributed by atoms with Crippen molar-refractivity contribution in [1.82, 2.24) is 30.3 Å². The molecular weight excluding hydrogens is 772 g/mol. The number of carbonyl (C=O) groups excluding carboxylic acids is 3. The van der Waals surface area contributed by atoms with Gasteiger partial charge in [-0.1, -0.05) is 17.7 Å². The van der Waals surface area contributed by atoms with Crippen LogP contribution in [0.4, 0.5) is 20.7 Å². The van der Waals surface area contributed by atoms with Crippen LogP contribution in [0.15, 0.2) is 60.8 Å². The van der Waals surface area contributed by atoms with Crippen molar-refractivity contribution < 1.29 is 23.5 Å². The van der Waals surface area contributed by atoms with E-state index in [4.69, 9.17) is 21.6 Å². The zero-order valence-corrected chi connectivity index (χ0v) is 33.1. The van der Waals surface area contributed by atoms with Crippen LogP contribution in [0.2, 0.25) is 5.02 Å². The van der Waals surface area contributed by atoms with E-state index in [9.17, 15) is 14.4 Å². The van der Waals surface area contributed by atoms with Crippen molar-refractivity contribution >= 4 is 64.3 Å². The Morgan fingerprint density at radius 1 is 0.982 bits per heavy atom. The molecule has 13 nitrogen and oxygen atoms in total. The number of benzene rings is 2. The topological polar surface area (TPSA) is 149 Å². The van der Waals surface area contributed by atoms with Crippen LogP contribution in [0.25, 0.3) is 10.9 Å². The highest BCUT2D eigenvalue weighted by molar-refractivity contribution is 6.31. The first-order valence-electron chi connectivity index (χ1n) is 19.6. The molecule has 2 aromatic carbocycles. The van der Waals surface area contributed by atoms with Crippen molar-refractivity contribution in [1.29, 1.82) is 5.26 Å². The van der Waals surface area contributed by atoms with E-state index in [1.807, 2.05) is 41.1 Å². The van der Waals surface area contributed by atoms with E-state index < -0.39 is 12.2 Å². The predicted octanol–water partition coefficient (Wildman–Crippen LogP) is 6.45. The number of carbonyl (C=O) groups is 3. The average Bonchev–Trinajstić information content (AvgIpc) is 3.64. The number of imide groups is 1. The van der Waals surface area contributed by atoms with E-state index in [1.165, 1.54) is 0 Å². The van der Waals surface area contributed by atoms with Gasteiger partial charge in [0.1, 0.15) is 18.0 Å². The number of piperidine rings is 2. The molecule has 5 heterocycles. The monoisotopic (exact) mass is 817 g/mol. The normalized spacial score (nSPS) is 23.4.